The van der Waals surface area contributed by atoms with Crippen LogP contribution in [-0.4, -0.2) is 21.9 Å². The lowest BCUT2D eigenvalue weighted by atomic mass is 9.87. The normalized spacial score (nSPS) is 13.4. The Morgan fingerprint density at radius 1 is 1.40 bits per heavy atom. The average Bonchev–Trinajstić information content (AvgIpc) is 2.67. The number of H-pyrrole nitrogens is 1. The predicted octanol–water partition coefficient (Wildman–Crippen LogP) is 2.66. The summed E-state index contributed by atoms with van der Waals surface area (Å²) >= 11 is 0. The number of para-hydroxylation sites is 2. The average molecular weight is 274 g/mol. The number of hydrogen-bond donors (Lipinski definition) is 3. The van der Waals surface area contributed by atoms with Gasteiger partial charge < -0.3 is 10.7 Å². The van der Waals surface area contributed by atoms with Crippen molar-refractivity contribution in [2.45, 2.75) is 39.7 Å². The summed E-state index contributed by atoms with van der Waals surface area (Å²) in [5.41, 5.74) is 7.86. The van der Waals surface area contributed by atoms with Gasteiger partial charge in [0.1, 0.15) is 0 Å². The number of nitrogens with zero attached hydrogens (tertiary/aromatic N) is 1. The number of aromatic nitrogens is 2. The highest BCUT2D eigenvalue weighted by Crippen LogP contribution is 2.21. The summed E-state index contributed by atoms with van der Waals surface area (Å²) in [6.07, 6.45) is 1.11. The van der Waals surface area contributed by atoms with Gasteiger partial charge in [0.2, 0.25) is 11.9 Å². The van der Waals surface area contributed by atoms with Crippen LogP contribution in [0.3, 0.4) is 0 Å². The van der Waals surface area contributed by atoms with E-state index in [9.17, 15) is 4.79 Å². The first-order chi connectivity index (χ1) is 9.33. The number of carbonyl (C=O) groups excluding carboxylic acids is 1. The lowest BCUT2D eigenvalue weighted by Crippen LogP contribution is -2.31. The molecule has 108 valence electrons. The van der Waals surface area contributed by atoms with Crippen LogP contribution < -0.4 is 11.1 Å². The molecule has 2 aromatic rings. The van der Waals surface area contributed by atoms with Gasteiger partial charge in [-0.15, -0.1) is 0 Å². The molecule has 0 aliphatic carbocycles. The van der Waals surface area contributed by atoms with Crippen LogP contribution in [0.25, 0.3) is 11.0 Å². The second kappa shape index (κ2) is 5.63. The molecule has 1 heterocycles. The summed E-state index contributed by atoms with van der Waals surface area (Å²) in [5, 5.41) is 2.76. The first-order valence-corrected chi connectivity index (χ1v) is 6.84. The van der Waals surface area contributed by atoms with E-state index in [-0.39, 0.29) is 17.4 Å². The highest BCUT2D eigenvalue weighted by molar-refractivity contribution is 5.91. The van der Waals surface area contributed by atoms with Crippen molar-refractivity contribution in [2.24, 2.45) is 11.1 Å². The number of carbonyl (C=O) groups is 1. The fourth-order valence-electron chi connectivity index (χ4n) is 2.29. The molecular weight excluding hydrogens is 252 g/mol. The minimum Gasteiger partial charge on any atom is -0.327 e. The molecule has 0 spiro atoms. The third-order valence-corrected chi connectivity index (χ3v) is 2.97. The largest absolute Gasteiger partial charge is 0.327 e. The molecule has 0 aliphatic rings. The van der Waals surface area contributed by atoms with Crippen LogP contribution in [0.15, 0.2) is 24.3 Å². The summed E-state index contributed by atoms with van der Waals surface area (Å²) in [4.78, 5) is 19.3. The highest BCUT2D eigenvalue weighted by atomic mass is 16.1. The van der Waals surface area contributed by atoms with Gasteiger partial charge in [-0.25, -0.2) is 4.98 Å². The number of hydrogen-bond acceptors (Lipinski definition) is 3. The zero-order chi connectivity index (χ0) is 14.8. The Bertz CT molecular complexity index is 564. The maximum atomic E-state index is 11.9. The number of amides is 1. The summed E-state index contributed by atoms with van der Waals surface area (Å²) in [7, 11) is 0. The van der Waals surface area contributed by atoms with Crippen LogP contribution in [-0.2, 0) is 4.79 Å². The van der Waals surface area contributed by atoms with Gasteiger partial charge in [-0.3, -0.25) is 10.1 Å². The van der Waals surface area contributed by atoms with Crippen molar-refractivity contribution in [3.05, 3.63) is 24.3 Å². The molecular formula is C15H22N4O. The van der Waals surface area contributed by atoms with Gasteiger partial charge in [0.05, 0.1) is 11.0 Å². The minimum atomic E-state index is -0.139. The number of nitrogens with one attached hydrogen (secondary N) is 2. The molecule has 1 atom stereocenters. The van der Waals surface area contributed by atoms with E-state index < -0.39 is 0 Å². The van der Waals surface area contributed by atoms with E-state index in [2.05, 4.69) is 36.1 Å². The van der Waals surface area contributed by atoms with E-state index in [1.807, 2.05) is 24.3 Å². The van der Waals surface area contributed by atoms with E-state index >= 15 is 0 Å². The van der Waals surface area contributed by atoms with Crippen LogP contribution in [0, 0.1) is 5.41 Å². The van der Waals surface area contributed by atoms with Crippen molar-refractivity contribution in [3.8, 4) is 0 Å². The lowest BCUT2D eigenvalue weighted by Gasteiger charge is -2.22. The van der Waals surface area contributed by atoms with Gasteiger partial charge in [-0.1, -0.05) is 32.9 Å². The molecule has 0 fully saturated rings. The monoisotopic (exact) mass is 274 g/mol. The number of rotatable bonds is 4. The lowest BCUT2D eigenvalue weighted by molar-refractivity contribution is -0.116. The Morgan fingerprint density at radius 3 is 2.75 bits per heavy atom. The zero-order valence-electron chi connectivity index (χ0n) is 12.2. The summed E-state index contributed by atoms with van der Waals surface area (Å²) in [6, 6.07) is 7.51. The molecule has 1 aromatic carbocycles. The minimum absolute atomic E-state index is 0.110. The first kappa shape index (κ1) is 14.5. The zero-order valence-corrected chi connectivity index (χ0v) is 12.2. The van der Waals surface area contributed by atoms with Crippen molar-refractivity contribution < 1.29 is 4.79 Å². The number of aromatic amines is 1. The molecule has 0 aliphatic heterocycles. The standard InChI is InChI=1S/C15H22N4O/c1-15(2,3)9-10(16)8-13(20)19-14-17-11-6-4-5-7-12(11)18-14/h4-7,10H,8-9,16H2,1-3H3,(H2,17,18,19,20). The van der Waals surface area contributed by atoms with Crippen LogP contribution in [0.1, 0.15) is 33.6 Å². The van der Waals surface area contributed by atoms with E-state index in [0.717, 1.165) is 17.5 Å². The molecule has 1 amide bonds. The second-order valence-electron chi connectivity index (χ2n) is 6.38. The van der Waals surface area contributed by atoms with Crippen molar-refractivity contribution in [2.75, 3.05) is 5.32 Å². The van der Waals surface area contributed by atoms with Crippen molar-refractivity contribution in [3.63, 3.8) is 0 Å². The van der Waals surface area contributed by atoms with E-state index in [0.29, 0.717) is 12.4 Å². The number of benzene rings is 1. The smallest absolute Gasteiger partial charge is 0.228 e. The molecule has 1 aromatic heterocycles. The van der Waals surface area contributed by atoms with Crippen LogP contribution >= 0.6 is 0 Å². The molecule has 5 nitrogen and oxygen atoms in total. The Labute approximate surface area is 119 Å². The van der Waals surface area contributed by atoms with Crippen LogP contribution in [0.2, 0.25) is 0 Å². The Hall–Kier alpha value is -1.88. The van der Waals surface area contributed by atoms with Crippen molar-refractivity contribution in [1.29, 1.82) is 0 Å². The molecule has 4 N–H and O–H groups in total. The van der Waals surface area contributed by atoms with Gasteiger partial charge in [-0.05, 0) is 24.0 Å². The van der Waals surface area contributed by atoms with Gasteiger partial charge >= 0.3 is 0 Å². The fraction of sp³-hybridized carbons (Fsp3) is 0.467. The maximum absolute atomic E-state index is 11.9. The fourth-order valence-corrected chi connectivity index (χ4v) is 2.29. The predicted molar refractivity (Wildman–Crippen MR) is 81.4 cm³/mol. The molecule has 0 radical (unpaired) electrons. The summed E-state index contributed by atoms with van der Waals surface area (Å²) < 4.78 is 0. The van der Waals surface area contributed by atoms with E-state index in [1.54, 1.807) is 0 Å². The number of imidazole rings is 1. The van der Waals surface area contributed by atoms with Gasteiger partial charge in [-0.2, -0.15) is 0 Å². The first-order valence-electron chi connectivity index (χ1n) is 6.84. The maximum Gasteiger partial charge on any atom is 0.228 e. The molecule has 1 unspecified atom stereocenters. The highest BCUT2D eigenvalue weighted by Gasteiger charge is 2.18. The third kappa shape index (κ3) is 4.06. The number of anilines is 1. The quantitative estimate of drug-likeness (QED) is 0.801. The molecule has 20 heavy (non-hydrogen) atoms. The molecule has 0 saturated carbocycles. The third-order valence-electron chi connectivity index (χ3n) is 2.97. The number of nitrogens with two attached hydrogens (primary N) is 1. The Kier molecular flexibility index (Phi) is 4.09. The SMILES string of the molecule is CC(C)(C)CC(N)CC(=O)Nc1nc2ccccc2[nH]1. The molecule has 0 bridgehead atoms. The Morgan fingerprint density at radius 2 is 2.10 bits per heavy atom. The molecule has 2 rings (SSSR count). The van der Waals surface area contributed by atoms with Crippen LogP contribution in [0.5, 0.6) is 0 Å². The van der Waals surface area contributed by atoms with Crippen molar-refractivity contribution >= 4 is 22.9 Å². The second-order valence-corrected chi connectivity index (χ2v) is 6.38. The topological polar surface area (TPSA) is 83.8 Å². The van der Waals surface area contributed by atoms with Gasteiger partial charge in [0, 0.05) is 12.5 Å². The van der Waals surface area contributed by atoms with Crippen molar-refractivity contribution in [1.82, 2.24) is 9.97 Å². The summed E-state index contributed by atoms with van der Waals surface area (Å²) in [5.74, 6) is 0.361. The van der Waals surface area contributed by atoms with Gasteiger partial charge in [0.15, 0.2) is 0 Å². The Balaban J connectivity index is 1.94. The molecule has 0 saturated heterocycles. The van der Waals surface area contributed by atoms with Gasteiger partial charge in [0.25, 0.3) is 0 Å². The van der Waals surface area contributed by atoms with Crippen LogP contribution in [0.4, 0.5) is 5.95 Å². The van der Waals surface area contributed by atoms with E-state index in [4.69, 9.17) is 5.73 Å². The number of fused-ring (bicyclic) bond motifs is 1. The van der Waals surface area contributed by atoms with E-state index in [1.165, 1.54) is 0 Å². The summed E-state index contributed by atoms with van der Waals surface area (Å²) in [6.45, 7) is 6.35. The molecule has 5 heteroatoms.